The highest BCUT2D eigenvalue weighted by Gasteiger charge is 2.29. The molecule has 0 radical (unpaired) electrons. The number of methoxy groups -OCH3 is 1. The second-order valence-electron chi connectivity index (χ2n) is 6.02. The first-order valence-electron chi connectivity index (χ1n) is 7.88. The van der Waals surface area contributed by atoms with Crippen LogP contribution in [0.4, 0.5) is 10.5 Å². The molecule has 0 aromatic heterocycles. The monoisotopic (exact) mass is 333 g/mol. The van der Waals surface area contributed by atoms with Gasteiger partial charge < -0.3 is 19.9 Å². The maximum atomic E-state index is 12.4. The number of esters is 1. The quantitative estimate of drug-likeness (QED) is 0.856. The highest BCUT2D eigenvalue weighted by atomic mass is 16.5. The van der Waals surface area contributed by atoms with Gasteiger partial charge in [0.05, 0.1) is 18.6 Å². The molecule has 3 amide bonds. The topological polar surface area (TPSA) is 79.0 Å². The van der Waals surface area contributed by atoms with Crippen LogP contribution in [0.25, 0.3) is 0 Å². The molecule has 1 aliphatic heterocycles. The molecule has 0 aliphatic carbocycles. The van der Waals surface area contributed by atoms with Crippen molar-refractivity contribution < 1.29 is 19.1 Å². The third-order valence-electron chi connectivity index (χ3n) is 4.02. The van der Waals surface area contributed by atoms with Gasteiger partial charge in [0.1, 0.15) is 0 Å². The Labute approximate surface area is 141 Å². The fourth-order valence-corrected chi connectivity index (χ4v) is 2.70. The van der Waals surface area contributed by atoms with Gasteiger partial charge in [-0.1, -0.05) is 0 Å². The lowest BCUT2D eigenvalue weighted by Crippen LogP contribution is -2.47. The maximum Gasteiger partial charge on any atom is 0.337 e. The minimum Gasteiger partial charge on any atom is -0.465 e. The van der Waals surface area contributed by atoms with Gasteiger partial charge in [0.2, 0.25) is 5.91 Å². The lowest BCUT2D eigenvalue weighted by molar-refractivity contribution is -0.121. The van der Waals surface area contributed by atoms with E-state index in [0.29, 0.717) is 24.3 Å². The summed E-state index contributed by atoms with van der Waals surface area (Å²) in [7, 11) is 4.73. The van der Waals surface area contributed by atoms with Crippen molar-refractivity contribution in [3.63, 3.8) is 0 Å². The first-order chi connectivity index (χ1) is 11.4. The molecule has 1 atom stereocenters. The van der Waals surface area contributed by atoms with Gasteiger partial charge in [0, 0.05) is 32.9 Å². The Balaban J connectivity index is 1.96. The summed E-state index contributed by atoms with van der Waals surface area (Å²) in [6.45, 7) is 1.09. The third kappa shape index (κ3) is 4.24. The summed E-state index contributed by atoms with van der Waals surface area (Å²) < 4.78 is 4.64. The number of hydrogen-bond donors (Lipinski definition) is 1. The molecule has 7 heteroatoms. The molecule has 1 fully saturated rings. The van der Waals surface area contributed by atoms with Gasteiger partial charge >= 0.3 is 12.0 Å². The van der Waals surface area contributed by atoms with Gasteiger partial charge in [-0.15, -0.1) is 0 Å². The van der Waals surface area contributed by atoms with Crippen LogP contribution in [0.15, 0.2) is 24.3 Å². The molecular weight excluding hydrogens is 310 g/mol. The number of urea groups is 1. The number of amides is 3. The van der Waals surface area contributed by atoms with E-state index in [1.807, 2.05) is 0 Å². The number of rotatable bonds is 3. The third-order valence-corrected chi connectivity index (χ3v) is 4.02. The summed E-state index contributed by atoms with van der Waals surface area (Å²) in [4.78, 5) is 39.1. The fourth-order valence-electron chi connectivity index (χ4n) is 2.70. The average Bonchev–Trinajstić information content (AvgIpc) is 2.61. The van der Waals surface area contributed by atoms with Crippen molar-refractivity contribution in [1.82, 2.24) is 9.80 Å². The molecule has 1 unspecified atom stereocenters. The normalized spacial score (nSPS) is 17.1. The Kier molecular flexibility index (Phi) is 5.78. The van der Waals surface area contributed by atoms with Crippen LogP contribution in [0.5, 0.6) is 0 Å². The Bertz CT molecular complexity index is 613. The number of nitrogens with one attached hydrogen (secondary N) is 1. The maximum absolute atomic E-state index is 12.4. The van der Waals surface area contributed by atoms with Crippen molar-refractivity contribution in [3.8, 4) is 0 Å². The molecule has 7 nitrogen and oxygen atoms in total. The lowest BCUT2D eigenvalue weighted by Gasteiger charge is -2.33. The van der Waals surface area contributed by atoms with Crippen LogP contribution in [0.3, 0.4) is 0 Å². The molecule has 1 aromatic rings. The number of nitrogens with zero attached hydrogens (tertiary/aromatic N) is 2. The molecule has 2 rings (SSSR count). The molecule has 1 aliphatic rings. The Morgan fingerprint density at radius 1 is 1.21 bits per heavy atom. The molecule has 0 saturated carbocycles. The fraction of sp³-hybridized carbons (Fsp3) is 0.471. The van der Waals surface area contributed by atoms with Crippen molar-refractivity contribution in [2.45, 2.75) is 12.8 Å². The van der Waals surface area contributed by atoms with Crippen LogP contribution in [-0.4, -0.2) is 62.0 Å². The summed E-state index contributed by atoms with van der Waals surface area (Å²) in [5, 5.41) is 2.84. The highest BCUT2D eigenvalue weighted by Crippen LogP contribution is 2.20. The molecule has 1 saturated heterocycles. The van der Waals surface area contributed by atoms with Gasteiger partial charge in [-0.2, -0.15) is 0 Å². The van der Waals surface area contributed by atoms with E-state index in [9.17, 15) is 14.4 Å². The number of benzene rings is 1. The smallest absolute Gasteiger partial charge is 0.337 e. The first-order valence-corrected chi connectivity index (χ1v) is 7.88. The van der Waals surface area contributed by atoms with Gasteiger partial charge in [-0.3, -0.25) is 4.79 Å². The van der Waals surface area contributed by atoms with E-state index < -0.39 is 5.97 Å². The van der Waals surface area contributed by atoms with Gasteiger partial charge in [-0.25, -0.2) is 9.59 Å². The number of likely N-dealkylation sites (tertiary alicyclic amines) is 1. The lowest BCUT2D eigenvalue weighted by atomic mass is 9.97. The zero-order valence-electron chi connectivity index (χ0n) is 14.2. The Hall–Kier alpha value is -2.57. The molecule has 1 aromatic carbocycles. The van der Waals surface area contributed by atoms with Gasteiger partial charge in [0.25, 0.3) is 0 Å². The number of anilines is 1. The van der Waals surface area contributed by atoms with E-state index in [-0.39, 0.29) is 17.9 Å². The second kappa shape index (κ2) is 7.81. The van der Waals surface area contributed by atoms with Crippen LogP contribution in [-0.2, 0) is 9.53 Å². The van der Waals surface area contributed by atoms with Crippen LogP contribution < -0.4 is 5.32 Å². The largest absolute Gasteiger partial charge is 0.465 e. The van der Waals surface area contributed by atoms with E-state index in [1.165, 1.54) is 12.0 Å². The number of carbonyl (C=O) groups is 3. The number of hydrogen-bond acceptors (Lipinski definition) is 4. The highest BCUT2D eigenvalue weighted by molar-refractivity contribution is 5.94. The average molecular weight is 333 g/mol. The van der Waals surface area contributed by atoms with Gasteiger partial charge in [-0.05, 0) is 37.1 Å². The van der Waals surface area contributed by atoms with Gasteiger partial charge in [0.15, 0.2) is 0 Å². The van der Waals surface area contributed by atoms with Crippen molar-refractivity contribution in [1.29, 1.82) is 0 Å². The molecular formula is C17H23N3O4. The van der Waals surface area contributed by atoms with Crippen molar-refractivity contribution in [3.05, 3.63) is 29.8 Å². The molecule has 1 heterocycles. The molecule has 1 N–H and O–H groups in total. The summed E-state index contributed by atoms with van der Waals surface area (Å²) in [6.07, 6.45) is 1.56. The van der Waals surface area contributed by atoms with E-state index in [0.717, 1.165) is 12.8 Å². The van der Waals surface area contributed by atoms with Crippen LogP contribution in [0.1, 0.15) is 23.2 Å². The van der Waals surface area contributed by atoms with Crippen molar-refractivity contribution in [2.75, 3.05) is 39.6 Å². The van der Waals surface area contributed by atoms with E-state index in [2.05, 4.69) is 10.1 Å². The van der Waals surface area contributed by atoms with Crippen molar-refractivity contribution >= 4 is 23.6 Å². The minimum atomic E-state index is -0.419. The van der Waals surface area contributed by atoms with Crippen LogP contribution >= 0.6 is 0 Å². The van der Waals surface area contributed by atoms with E-state index in [4.69, 9.17) is 0 Å². The molecule has 0 spiro atoms. The van der Waals surface area contributed by atoms with E-state index in [1.54, 1.807) is 43.3 Å². The van der Waals surface area contributed by atoms with Crippen LogP contribution in [0.2, 0.25) is 0 Å². The predicted molar refractivity (Wildman–Crippen MR) is 89.8 cm³/mol. The summed E-state index contributed by atoms with van der Waals surface area (Å²) in [6, 6.07) is 6.45. The Morgan fingerprint density at radius 2 is 1.88 bits per heavy atom. The molecule has 0 bridgehead atoms. The minimum absolute atomic E-state index is 0.0741. The number of piperidine rings is 1. The number of ether oxygens (including phenoxy) is 1. The number of carbonyl (C=O) groups excluding carboxylic acids is 3. The Morgan fingerprint density at radius 3 is 2.46 bits per heavy atom. The molecule has 130 valence electrons. The molecule has 24 heavy (non-hydrogen) atoms. The zero-order valence-corrected chi connectivity index (χ0v) is 14.2. The van der Waals surface area contributed by atoms with E-state index >= 15 is 0 Å². The summed E-state index contributed by atoms with van der Waals surface area (Å²) in [5.74, 6) is -0.766. The van der Waals surface area contributed by atoms with Crippen LogP contribution in [0, 0.1) is 5.92 Å². The second-order valence-corrected chi connectivity index (χ2v) is 6.02. The summed E-state index contributed by atoms with van der Waals surface area (Å²) in [5.41, 5.74) is 1.04. The first kappa shape index (κ1) is 17.8. The SMILES string of the molecule is COC(=O)c1ccc(NC(=O)C2CCCN(C(=O)N(C)C)C2)cc1. The predicted octanol–water partition coefficient (Wildman–Crippen LogP) is 1.81. The zero-order chi connectivity index (χ0) is 17.7. The summed E-state index contributed by atoms with van der Waals surface area (Å²) >= 11 is 0. The van der Waals surface area contributed by atoms with Crippen molar-refractivity contribution in [2.24, 2.45) is 5.92 Å². The standard InChI is InChI=1S/C17H23N3O4/c1-19(2)17(23)20-10-4-5-13(11-20)15(21)18-14-8-6-12(7-9-14)16(22)24-3/h6-9,13H,4-5,10-11H2,1-3H3,(H,18,21).